The minimum atomic E-state index is -0.298. The Labute approximate surface area is 85.9 Å². The van der Waals surface area contributed by atoms with Crippen molar-refractivity contribution in [2.45, 2.75) is 0 Å². The molecule has 0 spiro atoms. The van der Waals surface area contributed by atoms with Crippen LogP contribution in [0.2, 0.25) is 0 Å². The summed E-state index contributed by atoms with van der Waals surface area (Å²) in [6, 6.07) is 9.45. The van der Waals surface area contributed by atoms with E-state index in [1.807, 2.05) is 6.07 Å². The number of hydrogen-bond donors (Lipinski definition) is 0. The summed E-state index contributed by atoms with van der Waals surface area (Å²) in [7, 11) is 0. The first-order valence-electron chi connectivity index (χ1n) is 4.28. The Balaban J connectivity index is 2.46. The predicted molar refractivity (Wildman–Crippen MR) is 52.1 cm³/mol. The molecular formula is C11H6FN3. The molecule has 3 nitrogen and oxygen atoms in total. The van der Waals surface area contributed by atoms with E-state index in [2.05, 4.69) is 9.97 Å². The van der Waals surface area contributed by atoms with Crippen LogP contribution in [0.3, 0.4) is 0 Å². The molecule has 0 saturated carbocycles. The quantitative estimate of drug-likeness (QED) is 0.707. The van der Waals surface area contributed by atoms with Gasteiger partial charge in [-0.05, 0) is 30.3 Å². The van der Waals surface area contributed by atoms with Gasteiger partial charge >= 0.3 is 0 Å². The van der Waals surface area contributed by atoms with Crippen LogP contribution in [0.1, 0.15) is 5.82 Å². The molecule has 1 heterocycles. The lowest BCUT2D eigenvalue weighted by molar-refractivity contribution is 0.628. The number of hydrogen-bond acceptors (Lipinski definition) is 3. The van der Waals surface area contributed by atoms with Crippen LogP contribution >= 0.6 is 0 Å². The van der Waals surface area contributed by atoms with Crippen LogP contribution in [-0.4, -0.2) is 9.97 Å². The lowest BCUT2D eigenvalue weighted by atomic mass is 10.1. The molecule has 0 atom stereocenters. The average Bonchev–Trinajstić information content (AvgIpc) is 2.30. The van der Waals surface area contributed by atoms with Crippen LogP contribution < -0.4 is 0 Å². The smallest absolute Gasteiger partial charge is 0.227 e. The molecule has 0 amide bonds. The third kappa shape index (κ3) is 1.97. The van der Waals surface area contributed by atoms with Crippen molar-refractivity contribution < 1.29 is 4.39 Å². The fraction of sp³-hybridized carbons (Fsp3) is 0. The number of benzene rings is 1. The average molecular weight is 199 g/mol. The summed E-state index contributed by atoms with van der Waals surface area (Å²) in [5.74, 6) is -0.190. The molecule has 0 radical (unpaired) electrons. The van der Waals surface area contributed by atoms with Crippen molar-refractivity contribution in [2.75, 3.05) is 0 Å². The zero-order chi connectivity index (χ0) is 10.7. The van der Waals surface area contributed by atoms with Crippen molar-refractivity contribution >= 4 is 0 Å². The highest BCUT2D eigenvalue weighted by Crippen LogP contribution is 2.16. The topological polar surface area (TPSA) is 49.6 Å². The Morgan fingerprint density at radius 3 is 2.53 bits per heavy atom. The van der Waals surface area contributed by atoms with Gasteiger partial charge in [0.2, 0.25) is 5.82 Å². The lowest BCUT2D eigenvalue weighted by Gasteiger charge is -1.99. The van der Waals surface area contributed by atoms with E-state index in [1.165, 1.54) is 18.3 Å². The predicted octanol–water partition coefficient (Wildman–Crippen LogP) is 2.15. The van der Waals surface area contributed by atoms with Crippen LogP contribution in [0.15, 0.2) is 36.5 Å². The van der Waals surface area contributed by atoms with Gasteiger partial charge in [-0.1, -0.05) is 0 Å². The summed E-state index contributed by atoms with van der Waals surface area (Å²) in [5.41, 5.74) is 1.37. The summed E-state index contributed by atoms with van der Waals surface area (Å²) in [5, 5.41) is 8.62. The first-order chi connectivity index (χ1) is 7.29. The molecule has 0 aliphatic carbocycles. The molecule has 0 unspecified atom stereocenters. The fourth-order valence-corrected chi connectivity index (χ4v) is 1.19. The van der Waals surface area contributed by atoms with Gasteiger partial charge in [0.1, 0.15) is 11.9 Å². The molecule has 1 aromatic heterocycles. The minimum Gasteiger partial charge on any atom is -0.227 e. The summed E-state index contributed by atoms with van der Waals surface area (Å²) in [4.78, 5) is 7.75. The highest BCUT2D eigenvalue weighted by Gasteiger charge is 2.01. The highest BCUT2D eigenvalue weighted by molar-refractivity contribution is 5.58. The van der Waals surface area contributed by atoms with Crippen LogP contribution in [0.4, 0.5) is 4.39 Å². The summed E-state index contributed by atoms with van der Waals surface area (Å²) >= 11 is 0. The van der Waals surface area contributed by atoms with E-state index in [0.29, 0.717) is 5.69 Å². The van der Waals surface area contributed by atoms with Gasteiger partial charge in [0.25, 0.3) is 0 Å². The molecule has 0 saturated heterocycles. The molecular weight excluding hydrogens is 193 g/mol. The third-order valence-electron chi connectivity index (χ3n) is 1.90. The maximum absolute atomic E-state index is 12.7. The number of rotatable bonds is 1. The Kier molecular flexibility index (Phi) is 2.38. The minimum absolute atomic E-state index is 0.108. The van der Waals surface area contributed by atoms with E-state index in [4.69, 9.17) is 5.26 Å². The van der Waals surface area contributed by atoms with Gasteiger partial charge in [0.05, 0.1) is 5.69 Å². The number of aromatic nitrogens is 2. The molecule has 0 N–H and O–H groups in total. The van der Waals surface area contributed by atoms with Gasteiger partial charge in [-0.15, -0.1) is 0 Å². The van der Waals surface area contributed by atoms with E-state index < -0.39 is 0 Å². The van der Waals surface area contributed by atoms with Gasteiger partial charge in [0, 0.05) is 11.8 Å². The molecule has 0 fully saturated rings. The summed E-state index contributed by atoms with van der Waals surface area (Å²) < 4.78 is 12.7. The standard InChI is InChI=1S/C11H6FN3/c12-9-3-1-8(2-4-9)10-5-6-14-11(7-13)15-10/h1-6H. The second kappa shape index (κ2) is 3.84. The van der Waals surface area contributed by atoms with Crippen LogP contribution in [0, 0.1) is 17.1 Å². The van der Waals surface area contributed by atoms with E-state index in [0.717, 1.165) is 5.56 Å². The largest absolute Gasteiger partial charge is 0.232 e. The Morgan fingerprint density at radius 2 is 1.87 bits per heavy atom. The zero-order valence-electron chi connectivity index (χ0n) is 7.68. The number of nitrogens with zero attached hydrogens (tertiary/aromatic N) is 3. The van der Waals surface area contributed by atoms with Crippen LogP contribution in [0.5, 0.6) is 0 Å². The molecule has 72 valence electrons. The SMILES string of the molecule is N#Cc1nccc(-c2ccc(F)cc2)n1. The van der Waals surface area contributed by atoms with Gasteiger partial charge in [0.15, 0.2) is 0 Å². The first kappa shape index (κ1) is 9.28. The van der Waals surface area contributed by atoms with E-state index >= 15 is 0 Å². The Hall–Kier alpha value is -2.28. The van der Waals surface area contributed by atoms with Crippen molar-refractivity contribution in [3.8, 4) is 17.3 Å². The second-order valence-corrected chi connectivity index (χ2v) is 2.88. The van der Waals surface area contributed by atoms with Crippen molar-refractivity contribution in [3.05, 3.63) is 48.2 Å². The van der Waals surface area contributed by atoms with E-state index in [1.54, 1.807) is 18.2 Å². The second-order valence-electron chi connectivity index (χ2n) is 2.88. The number of halogens is 1. The number of nitriles is 1. The van der Waals surface area contributed by atoms with E-state index in [-0.39, 0.29) is 11.6 Å². The molecule has 0 bridgehead atoms. The van der Waals surface area contributed by atoms with Crippen LogP contribution in [0.25, 0.3) is 11.3 Å². The molecule has 1 aromatic carbocycles. The van der Waals surface area contributed by atoms with E-state index in [9.17, 15) is 4.39 Å². The molecule has 15 heavy (non-hydrogen) atoms. The molecule has 2 rings (SSSR count). The van der Waals surface area contributed by atoms with Crippen molar-refractivity contribution in [2.24, 2.45) is 0 Å². The monoisotopic (exact) mass is 199 g/mol. The van der Waals surface area contributed by atoms with Gasteiger partial charge in [-0.3, -0.25) is 0 Å². The molecule has 4 heteroatoms. The van der Waals surface area contributed by atoms with Crippen molar-refractivity contribution in [1.82, 2.24) is 9.97 Å². The van der Waals surface area contributed by atoms with Gasteiger partial charge in [-0.2, -0.15) is 5.26 Å². The maximum atomic E-state index is 12.7. The molecule has 2 aromatic rings. The van der Waals surface area contributed by atoms with Crippen molar-refractivity contribution in [3.63, 3.8) is 0 Å². The lowest BCUT2D eigenvalue weighted by Crippen LogP contribution is -1.90. The Morgan fingerprint density at radius 1 is 1.13 bits per heavy atom. The maximum Gasteiger partial charge on any atom is 0.232 e. The third-order valence-corrected chi connectivity index (χ3v) is 1.90. The van der Waals surface area contributed by atoms with Gasteiger partial charge in [-0.25, -0.2) is 14.4 Å². The van der Waals surface area contributed by atoms with Crippen LogP contribution in [-0.2, 0) is 0 Å². The van der Waals surface area contributed by atoms with Gasteiger partial charge < -0.3 is 0 Å². The molecule has 0 aliphatic rings. The van der Waals surface area contributed by atoms with Crippen molar-refractivity contribution in [1.29, 1.82) is 5.26 Å². The zero-order valence-corrected chi connectivity index (χ0v) is 7.68. The Bertz CT molecular complexity index is 514. The molecule has 0 aliphatic heterocycles. The summed E-state index contributed by atoms with van der Waals surface area (Å²) in [6.07, 6.45) is 1.50. The highest BCUT2D eigenvalue weighted by atomic mass is 19.1. The first-order valence-corrected chi connectivity index (χ1v) is 4.28. The normalized spacial score (nSPS) is 9.60. The fourth-order valence-electron chi connectivity index (χ4n) is 1.19. The summed E-state index contributed by atoms with van der Waals surface area (Å²) in [6.45, 7) is 0.